The standard InChI is InChI=1S/C20H26/c1-15(2)12-17-8-7-10-19(14-17)20-11-6-5-9-18(20)13-16(3)4/h5-11,14-16H,12-13H2,1-4H3. The smallest absolute Gasteiger partial charge is 0.0152 e. The quantitative estimate of drug-likeness (QED) is 0.646. The highest BCUT2D eigenvalue weighted by atomic mass is 14.1. The van der Waals surface area contributed by atoms with Crippen LogP contribution in [-0.4, -0.2) is 0 Å². The van der Waals surface area contributed by atoms with E-state index in [1.54, 1.807) is 0 Å². The Morgan fingerprint density at radius 2 is 1.45 bits per heavy atom. The van der Waals surface area contributed by atoms with Crippen LogP contribution in [0.3, 0.4) is 0 Å². The molecular weight excluding hydrogens is 240 g/mol. The van der Waals surface area contributed by atoms with Gasteiger partial charge in [0.1, 0.15) is 0 Å². The SMILES string of the molecule is CC(C)Cc1cccc(-c2ccccc2CC(C)C)c1. The van der Waals surface area contributed by atoms with Gasteiger partial charge in [0.2, 0.25) is 0 Å². The lowest BCUT2D eigenvalue weighted by molar-refractivity contribution is 0.646. The molecule has 0 atom stereocenters. The fourth-order valence-electron chi connectivity index (χ4n) is 2.76. The molecule has 0 radical (unpaired) electrons. The number of rotatable bonds is 5. The molecule has 0 amide bonds. The molecule has 0 aliphatic carbocycles. The van der Waals surface area contributed by atoms with Crippen molar-refractivity contribution in [1.82, 2.24) is 0 Å². The molecule has 0 aromatic heterocycles. The van der Waals surface area contributed by atoms with E-state index in [2.05, 4.69) is 76.2 Å². The average Bonchev–Trinajstić information content (AvgIpc) is 2.38. The predicted molar refractivity (Wildman–Crippen MR) is 89.0 cm³/mol. The van der Waals surface area contributed by atoms with Crippen molar-refractivity contribution >= 4 is 0 Å². The van der Waals surface area contributed by atoms with Crippen LogP contribution >= 0.6 is 0 Å². The molecule has 0 fully saturated rings. The Morgan fingerprint density at radius 1 is 0.750 bits per heavy atom. The first-order chi connectivity index (χ1) is 9.56. The van der Waals surface area contributed by atoms with Crippen molar-refractivity contribution in [3.05, 3.63) is 59.7 Å². The van der Waals surface area contributed by atoms with Gasteiger partial charge in [0, 0.05) is 0 Å². The summed E-state index contributed by atoms with van der Waals surface area (Å²) >= 11 is 0. The average molecular weight is 266 g/mol. The Kier molecular flexibility index (Phi) is 5.00. The summed E-state index contributed by atoms with van der Waals surface area (Å²) in [5.41, 5.74) is 5.66. The summed E-state index contributed by atoms with van der Waals surface area (Å²) in [5, 5.41) is 0. The zero-order valence-electron chi connectivity index (χ0n) is 13.2. The fourth-order valence-corrected chi connectivity index (χ4v) is 2.76. The molecule has 0 bridgehead atoms. The Balaban J connectivity index is 2.36. The highest BCUT2D eigenvalue weighted by molar-refractivity contribution is 5.68. The van der Waals surface area contributed by atoms with Gasteiger partial charge in [-0.25, -0.2) is 0 Å². The Bertz CT molecular complexity index is 549. The van der Waals surface area contributed by atoms with E-state index in [0.717, 1.165) is 12.8 Å². The van der Waals surface area contributed by atoms with Gasteiger partial charge in [-0.05, 0) is 46.9 Å². The summed E-state index contributed by atoms with van der Waals surface area (Å²) < 4.78 is 0. The second kappa shape index (κ2) is 6.74. The van der Waals surface area contributed by atoms with Gasteiger partial charge in [-0.1, -0.05) is 76.2 Å². The third-order valence-corrected chi connectivity index (χ3v) is 3.53. The van der Waals surface area contributed by atoms with Gasteiger partial charge in [-0.15, -0.1) is 0 Å². The van der Waals surface area contributed by atoms with Crippen LogP contribution in [0, 0.1) is 11.8 Å². The van der Waals surface area contributed by atoms with E-state index in [1.165, 1.54) is 22.3 Å². The van der Waals surface area contributed by atoms with E-state index in [0.29, 0.717) is 11.8 Å². The molecule has 2 aromatic rings. The van der Waals surface area contributed by atoms with Crippen LogP contribution < -0.4 is 0 Å². The monoisotopic (exact) mass is 266 g/mol. The van der Waals surface area contributed by atoms with Crippen molar-refractivity contribution in [3.8, 4) is 11.1 Å². The molecule has 0 spiro atoms. The molecule has 106 valence electrons. The van der Waals surface area contributed by atoms with Gasteiger partial charge < -0.3 is 0 Å². The lowest BCUT2D eigenvalue weighted by Crippen LogP contribution is -1.98. The highest BCUT2D eigenvalue weighted by Crippen LogP contribution is 2.27. The van der Waals surface area contributed by atoms with Crippen LogP contribution in [0.25, 0.3) is 11.1 Å². The van der Waals surface area contributed by atoms with Crippen LogP contribution in [0.4, 0.5) is 0 Å². The predicted octanol–water partition coefficient (Wildman–Crippen LogP) is 5.75. The van der Waals surface area contributed by atoms with Crippen LogP contribution in [0.5, 0.6) is 0 Å². The second-order valence-corrected chi connectivity index (χ2v) is 6.55. The summed E-state index contributed by atoms with van der Waals surface area (Å²) in [7, 11) is 0. The largest absolute Gasteiger partial charge is 0.0625 e. The summed E-state index contributed by atoms with van der Waals surface area (Å²) in [6.07, 6.45) is 2.30. The highest BCUT2D eigenvalue weighted by Gasteiger charge is 2.07. The molecule has 2 aromatic carbocycles. The topological polar surface area (TPSA) is 0 Å². The summed E-state index contributed by atoms with van der Waals surface area (Å²) in [6, 6.07) is 17.9. The van der Waals surface area contributed by atoms with Crippen LogP contribution in [0.2, 0.25) is 0 Å². The third-order valence-electron chi connectivity index (χ3n) is 3.53. The lowest BCUT2D eigenvalue weighted by atomic mass is 9.92. The molecule has 20 heavy (non-hydrogen) atoms. The molecule has 0 saturated carbocycles. The van der Waals surface area contributed by atoms with Crippen molar-refractivity contribution in [2.24, 2.45) is 11.8 Å². The summed E-state index contributed by atoms with van der Waals surface area (Å²) in [6.45, 7) is 9.12. The molecule has 0 nitrogen and oxygen atoms in total. The zero-order chi connectivity index (χ0) is 14.5. The Labute approximate surface area is 123 Å². The first-order valence-corrected chi connectivity index (χ1v) is 7.73. The molecule has 0 N–H and O–H groups in total. The fraction of sp³-hybridized carbons (Fsp3) is 0.400. The third kappa shape index (κ3) is 3.96. The molecule has 0 heteroatoms. The second-order valence-electron chi connectivity index (χ2n) is 6.55. The maximum absolute atomic E-state index is 2.36. The maximum Gasteiger partial charge on any atom is -0.0152 e. The van der Waals surface area contributed by atoms with Gasteiger partial charge in [-0.2, -0.15) is 0 Å². The minimum atomic E-state index is 0.690. The molecule has 0 heterocycles. The minimum Gasteiger partial charge on any atom is -0.0625 e. The van der Waals surface area contributed by atoms with Crippen LogP contribution in [0.15, 0.2) is 48.5 Å². The van der Waals surface area contributed by atoms with Crippen LogP contribution in [0.1, 0.15) is 38.8 Å². The first kappa shape index (κ1) is 14.8. The molecular formula is C20H26. The lowest BCUT2D eigenvalue weighted by Gasteiger charge is -2.13. The van der Waals surface area contributed by atoms with Gasteiger partial charge in [0.05, 0.1) is 0 Å². The Morgan fingerprint density at radius 3 is 2.15 bits per heavy atom. The van der Waals surface area contributed by atoms with E-state index in [-0.39, 0.29) is 0 Å². The van der Waals surface area contributed by atoms with E-state index in [9.17, 15) is 0 Å². The van der Waals surface area contributed by atoms with Gasteiger partial charge in [0.15, 0.2) is 0 Å². The number of benzene rings is 2. The zero-order valence-corrected chi connectivity index (χ0v) is 13.2. The number of hydrogen-bond acceptors (Lipinski definition) is 0. The van der Waals surface area contributed by atoms with E-state index >= 15 is 0 Å². The van der Waals surface area contributed by atoms with E-state index in [4.69, 9.17) is 0 Å². The molecule has 0 saturated heterocycles. The number of hydrogen-bond donors (Lipinski definition) is 0. The summed E-state index contributed by atoms with van der Waals surface area (Å²) in [5.74, 6) is 1.39. The molecule has 0 aliphatic heterocycles. The van der Waals surface area contributed by atoms with Crippen molar-refractivity contribution in [1.29, 1.82) is 0 Å². The van der Waals surface area contributed by atoms with Crippen LogP contribution in [-0.2, 0) is 12.8 Å². The van der Waals surface area contributed by atoms with Gasteiger partial charge >= 0.3 is 0 Å². The van der Waals surface area contributed by atoms with E-state index in [1.807, 2.05) is 0 Å². The van der Waals surface area contributed by atoms with Crippen molar-refractivity contribution in [2.45, 2.75) is 40.5 Å². The normalized spacial score (nSPS) is 11.3. The first-order valence-electron chi connectivity index (χ1n) is 7.73. The van der Waals surface area contributed by atoms with Gasteiger partial charge in [0.25, 0.3) is 0 Å². The Hall–Kier alpha value is -1.56. The maximum atomic E-state index is 2.36. The molecule has 2 rings (SSSR count). The van der Waals surface area contributed by atoms with E-state index < -0.39 is 0 Å². The van der Waals surface area contributed by atoms with Crippen molar-refractivity contribution in [2.75, 3.05) is 0 Å². The van der Waals surface area contributed by atoms with Crippen molar-refractivity contribution in [3.63, 3.8) is 0 Å². The minimum absolute atomic E-state index is 0.690. The molecule has 0 unspecified atom stereocenters. The molecule has 0 aliphatic rings. The summed E-state index contributed by atoms with van der Waals surface area (Å²) in [4.78, 5) is 0. The van der Waals surface area contributed by atoms with Crippen molar-refractivity contribution < 1.29 is 0 Å². The van der Waals surface area contributed by atoms with Gasteiger partial charge in [-0.3, -0.25) is 0 Å².